The van der Waals surface area contributed by atoms with E-state index in [0.717, 1.165) is 42.4 Å². The van der Waals surface area contributed by atoms with E-state index in [1.807, 2.05) is 0 Å². The molecule has 15 heteroatoms. The summed E-state index contributed by atoms with van der Waals surface area (Å²) in [6.45, 7) is 3.18. The zero-order valence-electron chi connectivity index (χ0n) is 22.7. The number of fused-ring (bicyclic) bond motifs is 2. The van der Waals surface area contributed by atoms with Crippen LogP contribution in [0.5, 0.6) is 0 Å². The number of aromatic nitrogens is 5. The molecule has 2 aromatic carbocycles. The van der Waals surface area contributed by atoms with Gasteiger partial charge in [-0.3, -0.25) is 9.62 Å². The zero-order chi connectivity index (χ0) is 30.3. The van der Waals surface area contributed by atoms with E-state index in [1.54, 1.807) is 23.0 Å². The summed E-state index contributed by atoms with van der Waals surface area (Å²) >= 11 is 0. The fraction of sp³-hybridized carbons (Fsp3) is 0.214. The van der Waals surface area contributed by atoms with E-state index in [0.29, 0.717) is 24.4 Å². The third kappa shape index (κ3) is 5.37. The molecule has 0 saturated carbocycles. The summed E-state index contributed by atoms with van der Waals surface area (Å²) in [4.78, 5) is 14.7. The number of rotatable bonds is 8. The van der Waals surface area contributed by atoms with Gasteiger partial charge in [-0.05, 0) is 55.3 Å². The predicted octanol–water partition coefficient (Wildman–Crippen LogP) is 3.83. The molecular formula is C28H25F3N8O3S. The lowest BCUT2D eigenvalue weighted by atomic mass is 10.1. The Morgan fingerprint density at radius 1 is 1.05 bits per heavy atom. The fourth-order valence-electron chi connectivity index (χ4n) is 4.97. The van der Waals surface area contributed by atoms with Crippen molar-refractivity contribution in [3.8, 4) is 5.82 Å². The maximum Gasteiger partial charge on any atom is 0.262 e. The fourth-order valence-corrected chi connectivity index (χ4v) is 6.28. The van der Waals surface area contributed by atoms with Gasteiger partial charge < -0.3 is 10.4 Å². The SMILES string of the molecule is Cc1c(F)cccc1S(=O)(=O)Nc1ccc(F)c(Nc2ncnc3ccc(-n4ncc5c4CN(CCO)CC5)nc23)c1F. The van der Waals surface area contributed by atoms with Crippen molar-refractivity contribution in [3.05, 3.63) is 89.3 Å². The molecule has 3 aromatic heterocycles. The molecule has 0 bridgehead atoms. The summed E-state index contributed by atoms with van der Waals surface area (Å²) in [6, 6.07) is 8.70. The molecule has 0 saturated heterocycles. The first-order chi connectivity index (χ1) is 20.7. The Kier molecular flexibility index (Phi) is 7.45. The number of hydrogen-bond donors (Lipinski definition) is 3. The molecule has 1 aliphatic rings. The van der Waals surface area contributed by atoms with Crippen LogP contribution < -0.4 is 10.0 Å². The Balaban J connectivity index is 1.35. The number of sulfonamides is 1. The highest BCUT2D eigenvalue weighted by Crippen LogP contribution is 2.32. The standard InChI is InChI=1S/C28H25F3N8O3S/c1-16-18(29)3-2-4-23(16)43(41,42)37-20-6-5-19(30)26(25(20)31)36-28-27-21(32-15-33-28)7-8-24(35-27)39-22-14-38(11-12-40)10-9-17(22)13-34-39/h2-8,13,15,37,40H,9-12,14H2,1H3,(H,32,33,36). The highest BCUT2D eigenvalue weighted by molar-refractivity contribution is 7.92. The van der Waals surface area contributed by atoms with Crippen LogP contribution in [0.25, 0.3) is 16.9 Å². The average Bonchev–Trinajstić information content (AvgIpc) is 3.41. The lowest BCUT2D eigenvalue weighted by Crippen LogP contribution is -2.33. The second kappa shape index (κ2) is 11.2. The van der Waals surface area contributed by atoms with Gasteiger partial charge in [-0.15, -0.1) is 0 Å². The van der Waals surface area contributed by atoms with Gasteiger partial charge >= 0.3 is 0 Å². The Hall–Kier alpha value is -4.60. The van der Waals surface area contributed by atoms with Crippen LogP contribution in [0.1, 0.15) is 16.8 Å². The molecule has 0 fully saturated rings. The van der Waals surface area contributed by atoms with Crippen LogP contribution >= 0.6 is 0 Å². The van der Waals surface area contributed by atoms with Gasteiger partial charge in [0.2, 0.25) is 0 Å². The molecule has 5 aromatic rings. The summed E-state index contributed by atoms with van der Waals surface area (Å²) in [7, 11) is -4.42. The van der Waals surface area contributed by atoms with Gasteiger partial charge in [-0.1, -0.05) is 6.07 Å². The number of pyridine rings is 1. The number of halogens is 3. The number of aliphatic hydroxyl groups is 1. The van der Waals surface area contributed by atoms with Crippen LogP contribution in [-0.4, -0.2) is 62.9 Å². The largest absolute Gasteiger partial charge is 0.395 e. The van der Waals surface area contributed by atoms with Crippen molar-refractivity contribution in [1.29, 1.82) is 0 Å². The molecule has 3 N–H and O–H groups in total. The maximum absolute atomic E-state index is 15.6. The Morgan fingerprint density at radius 3 is 2.70 bits per heavy atom. The van der Waals surface area contributed by atoms with Gasteiger partial charge in [0.25, 0.3) is 10.0 Å². The van der Waals surface area contributed by atoms with Crippen LogP contribution in [0, 0.1) is 24.4 Å². The molecule has 222 valence electrons. The van der Waals surface area contributed by atoms with Crippen molar-refractivity contribution in [3.63, 3.8) is 0 Å². The molecule has 0 spiro atoms. The summed E-state index contributed by atoms with van der Waals surface area (Å²) in [5, 5.41) is 16.5. The van der Waals surface area contributed by atoms with Crippen LogP contribution in [0.15, 0.2) is 59.9 Å². The van der Waals surface area contributed by atoms with E-state index in [9.17, 15) is 22.3 Å². The third-order valence-corrected chi connectivity index (χ3v) is 8.72. The Labute approximate surface area is 244 Å². The third-order valence-electron chi connectivity index (χ3n) is 7.21. The molecular weight excluding hydrogens is 585 g/mol. The Morgan fingerprint density at radius 2 is 1.88 bits per heavy atom. The highest BCUT2D eigenvalue weighted by atomic mass is 32.2. The van der Waals surface area contributed by atoms with Crippen molar-refractivity contribution in [2.75, 3.05) is 29.7 Å². The average molecular weight is 611 g/mol. The van der Waals surface area contributed by atoms with E-state index in [-0.39, 0.29) is 28.4 Å². The Bertz CT molecular complexity index is 1970. The van der Waals surface area contributed by atoms with Crippen LogP contribution in [-0.2, 0) is 23.0 Å². The maximum atomic E-state index is 15.6. The second-order valence-electron chi connectivity index (χ2n) is 9.91. The molecule has 0 radical (unpaired) electrons. The van der Waals surface area contributed by atoms with Crippen LogP contribution in [0.4, 0.5) is 30.4 Å². The molecule has 0 unspecified atom stereocenters. The van der Waals surface area contributed by atoms with Crippen molar-refractivity contribution in [2.24, 2.45) is 0 Å². The van der Waals surface area contributed by atoms with Crippen molar-refractivity contribution in [1.82, 2.24) is 29.6 Å². The van der Waals surface area contributed by atoms with Gasteiger partial charge in [0.1, 0.15) is 29.2 Å². The second-order valence-corrected chi connectivity index (χ2v) is 11.6. The van der Waals surface area contributed by atoms with Gasteiger partial charge in [-0.2, -0.15) is 5.10 Å². The van der Waals surface area contributed by atoms with Gasteiger partial charge in [0.05, 0.1) is 34.6 Å². The van der Waals surface area contributed by atoms with Gasteiger partial charge in [0.15, 0.2) is 17.5 Å². The molecule has 6 rings (SSSR count). The molecule has 0 aliphatic carbocycles. The molecule has 43 heavy (non-hydrogen) atoms. The predicted molar refractivity (Wildman–Crippen MR) is 152 cm³/mol. The van der Waals surface area contributed by atoms with E-state index in [2.05, 4.69) is 35.0 Å². The number of aliphatic hydroxyl groups excluding tert-OH is 1. The van der Waals surface area contributed by atoms with E-state index >= 15 is 4.39 Å². The first-order valence-electron chi connectivity index (χ1n) is 13.2. The number of hydrogen-bond acceptors (Lipinski definition) is 9. The minimum Gasteiger partial charge on any atom is -0.395 e. The van der Waals surface area contributed by atoms with E-state index in [1.165, 1.54) is 25.4 Å². The topological polar surface area (TPSA) is 138 Å². The quantitative estimate of drug-likeness (QED) is 0.239. The first-order valence-corrected chi connectivity index (χ1v) is 14.7. The summed E-state index contributed by atoms with van der Waals surface area (Å²) in [5.74, 6) is -2.62. The van der Waals surface area contributed by atoms with Crippen molar-refractivity contribution >= 4 is 38.2 Å². The number of nitrogens with zero attached hydrogens (tertiary/aromatic N) is 6. The van der Waals surface area contributed by atoms with E-state index in [4.69, 9.17) is 0 Å². The van der Waals surface area contributed by atoms with Gasteiger partial charge in [-0.25, -0.2) is 41.2 Å². The number of β-amino-alcohol motifs (C(OH)–C–C–N with tert-alkyl or cyclic N) is 1. The molecule has 0 amide bonds. The summed E-state index contributed by atoms with van der Waals surface area (Å²) in [5.41, 5.74) is 1.13. The van der Waals surface area contributed by atoms with Gasteiger partial charge in [0, 0.05) is 25.2 Å². The van der Waals surface area contributed by atoms with Crippen molar-refractivity contribution < 1.29 is 26.7 Å². The normalized spacial score (nSPS) is 13.7. The molecule has 1 aliphatic heterocycles. The summed E-state index contributed by atoms with van der Waals surface area (Å²) in [6.07, 6.45) is 3.72. The lowest BCUT2D eigenvalue weighted by molar-refractivity contribution is 0.182. The minimum atomic E-state index is -4.42. The number of benzene rings is 2. The van der Waals surface area contributed by atoms with Crippen LogP contribution in [0.2, 0.25) is 0 Å². The number of nitrogens with one attached hydrogen (secondary N) is 2. The van der Waals surface area contributed by atoms with E-state index < -0.39 is 38.8 Å². The first kappa shape index (κ1) is 28.5. The lowest BCUT2D eigenvalue weighted by Gasteiger charge is -2.26. The molecule has 11 nitrogen and oxygen atoms in total. The summed E-state index contributed by atoms with van der Waals surface area (Å²) < 4.78 is 74.2. The number of anilines is 3. The molecule has 4 heterocycles. The zero-order valence-corrected chi connectivity index (χ0v) is 23.5. The minimum absolute atomic E-state index is 0.0320. The smallest absolute Gasteiger partial charge is 0.262 e. The monoisotopic (exact) mass is 610 g/mol. The van der Waals surface area contributed by atoms with Crippen LogP contribution in [0.3, 0.4) is 0 Å². The highest BCUT2D eigenvalue weighted by Gasteiger charge is 2.25. The van der Waals surface area contributed by atoms with Crippen molar-refractivity contribution in [2.45, 2.75) is 24.8 Å². The molecule has 0 atom stereocenters.